The zero-order chi connectivity index (χ0) is 15.7. The minimum absolute atomic E-state index is 0.206. The van der Waals surface area contributed by atoms with Gasteiger partial charge in [-0.25, -0.2) is 0 Å². The molecule has 2 N–H and O–H groups in total. The van der Waals surface area contributed by atoms with E-state index in [0.717, 1.165) is 19.4 Å². The van der Waals surface area contributed by atoms with E-state index in [1.54, 1.807) is 24.3 Å². The Kier molecular flexibility index (Phi) is 3.94. The topological polar surface area (TPSA) is 83.7 Å². The maximum absolute atomic E-state index is 12.2. The van der Waals surface area contributed by atoms with Crippen molar-refractivity contribution >= 4 is 17.7 Å². The van der Waals surface area contributed by atoms with E-state index in [4.69, 9.17) is 5.73 Å². The largest absolute Gasteiger partial charge is 0.368 e. The number of carbonyl (C=O) groups excluding carboxylic acids is 3. The molecule has 2 heterocycles. The molecule has 0 unspecified atom stereocenters. The summed E-state index contributed by atoms with van der Waals surface area (Å²) in [5, 5.41) is 0. The van der Waals surface area contributed by atoms with Gasteiger partial charge in [0.05, 0.1) is 17.2 Å². The van der Waals surface area contributed by atoms with E-state index < -0.39 is 0 Å². The molecule has 1 aromatic rings. The van der Waals surface area contributed by atoms with Crippen LogP contribution in [0.25, 0.3) is 0 Å². The van der Waals surface area contributed by atoms with Gasteiger partial charge in [-0.3, -0.25) is 24.2 Å². The van der Waals surface area contributed by atoms with Crippen molar-refractivity contribution < 1.29 is 14.4 Å². The highest BCUT2D eigenvalue weighted by Crippen LogP contribution is 2.23. The Morgan fingerprint density at radius 2 is 1.77 bits per heavy atom. The molecular weight excluding hydrogens is 282 g/mol. The van der Waals surface area contributed by atoms with Crippen molar-refractivity contribution in [3.63, 3.8) is 0 Å². The van der Waals surface area contributed by atoms with Crippen LogP contribution in [-0.2, 0) is 4.79 Å². The Morgan fingerprint density at radius 1 is 1.14 bits per heavy atom. The number of amides is 3. The van der Waals surface area contributed by atoms with Crippen molar-refractivity contribution in [2.75, 3.05) is 19.6 Å². The van der Waals surface area contributed by atoms with Gasteiger partial charge in [-0.2, -0.15) is 0 Å². The summed E-state index contributed by atoms with van der Waals surface area (Å²) in [4.78, 5) is 39.1. The minimum atomic E-state index is -0.293. The second-order valence-electron chi connectivity index (χ2n) is 5.76. The Labute approximate surface area is 128 Å². The van der Waals surface area contributed by atoms with Crippen LogP contribution >= 0.6 is 0 Å². The van der Waals surface area contributed by atoms with Crippen molar-refractivity contribution in [3.05, 3.63) is 35.4 Å². The number of primary amides is 1. The summed E-state index contributed by atoms with van der Waals surface area (Å²) in [5.74, 6) is -0.750. The number of imide groups is 1. The van der Waals surface area contributed by atoms with E-state index in [0.29, 0.717) is 30.6 Å². The molecule has 0 aromatic heterocycles. The van der Waals surface area contributed by atoms with Crippen LogP contribution in [0.2, 0.25) is 0 Å². The number of rotatable bonds is 5. The lowest BCUT2D eigenvalue weighted by atomic mass is 10.1. The first-order valence-electron chi connectivity index (χ1n) is 7.58. The van der Waals surface area contributed by atoms with Gasteiger partial charge in [-0.15, -0.1) is 0 Å². The SMILES string of the molecule is NC(=O)[C@@H]1CCCN1CCCN1C(=O)c2ccccc2C1=O. The van der Waals surface area contributed by atoms with Crippen LogP contribution in [0.15, 0.2) is 24.3 Å². The number of carbonyl (C=O) groups is 3. The number of nitrogens with zero attached hydrogens (tertiary/aromatic N) is 2. The molecule has 3 amide bonds. The summed E-state index contributed by atoms with van der Waals surface area (Å²) >= 11 is 0. The summed E-state index contributed by atoms with van der Waals surface area (Å²) in [6.45, 7) is 1.88. The van der Waals surface area contributed by atoms with Gasteiger partial charge in [0.15, 0.2) is 0 Å². The average molecular weight is 301 g/mol. The first kappa shape index (κ1) is 14.7. The molecule has 116 valence electrons. The molecule has 1 atom stereocenters. The molecule has 0 radical (unpaired) electrons. The van der Waals surface area contributed by atoms with E-state index in [2.05, 4.69) is 0 Å². The zero-order valence-corrected chi connectivity index (χ0v) is 12.3. The fourth-order valence-corrected chi connectivity index (χ4v) is 3.29. The smallest absolute Gasteiger partial charge is 0.261 e. The van der Waals surface area contributed by atoms with Gasteiger partial charge in [-0.05, 0) is 37.9 Å². The number of fused-ring (bicyclic) bond motifs is 1. The molecule has 0 saturated carbocycles. The lowest BCUT2D eigenvalue weighted by Crippen LogP contribution is -2.41. The van der Waals surface area contributed by atoms with Crippen molar-refractivity contribution in [3.8, 4) is 0 Å². The molecular formula is C16H19N3O3. The van der Waals surface area contributed by atoms with Crippen molar-refractivity contribution in [2.45, 2.75) is 25.3 Å². The fraction of sp³-hybridized carbons (Fsp3) is 0.438. The number of likely N-dealkylation sites (tertiary alicyclic amines) is 1. The van der Waals surface area contributed by atoms with E-state index in [1.807, 2.05) is 4.90 Å². The van der Waals surface area contributed by atoms with Crippen LogP contribution in [0.1, 0.15) is 40.0 Å². The Hall–Kier alpha value is -2.21. The van der Waals surface area contributed by atoms with E-state index >= 15 is 0 Å². The van der Waals surface area contributed by atoms with E-state index in [1.165, 1.54) is 4.90 Å². The number of hydrogen-bond donors (Lipinski definition) is 1. The monoisotopic (exact) mass is 301 g/mol. The predicted molar refractivity (Wildman–Crippen MR) is 80.2 cm³/mol. The second-order valence-corrected chi connectivity index (χ2v) is 5.76. The van der Waals surface area contributed by atoms with Crippen molar-refractivity contribution in [1.82, 2.24) is 9.80 Å². The maximum atomic E-state index is 12.2. The molecule has 1 fully saturated rings. The highest BCUT2D eigenvalue weighted by molar-refractivity contribution is 6.21. The molecule has 0 spiro atoms. The molecule has 0 aliphatic carbocycles. The quantitative estimate of drug-likeness (QED) is 0.808. The molecule has 6 heteroatoms. The summed E-state index contributed by atoms with van der Waals surface area (Å²) in [5.41, 5.74) is 6.34. The van der Waals surface area contributed by atoms with Gasteiger partial charge in [0, 0.05) is 13.1 Å². The number of hydrogen-bond acceptors (Lipinski definition) is 4. The Morgan fingerprint density at radius 3 is 2.36 bits per heavy atom. The maximum Gasteiger partial charge on any atom is 0.261 e. The predicted octanol–water partition coefficient (Wildman–Crippen LogP) is 0.622. The van der Waals surface area contributed by atoms with Crippen LogP contribution < -0.4 is 5.73 Å². The van der Waals surface area contributed by atoms with Crippen LogP contribution in [-0.4, -0.2) is 53.2 Å². The van der Waals surface area contributed by atoms with Gasteiger partial charge in [0.1, 0.15) is 0 Å². The number of nitrogens with two attached hydrogens (primary N) is 1. The van der Waals surface area contributed by atoms with Crippen LogP contribution in [0.4, 0.5) is 0 Å². The number of benzene rings is 1. The van der Waals surface area contributed by atoms with E-state index in [9.17, 15) is 14.4 Å². The van der Waals surface area contributed by atoms with Gasteiger partial charge in [0.25, 0.3) is 11.8 Å². The highest BCUT2D eigenvalue weighted by atomic mass is 16.2. The third-order valence-electron chi connectivity index (χ3n) is 4.40. The molecule has 0 bridgehead atoms. The molecule has 2 aliphatic rings. The zero-order valence-electron chi connectivity index (χ0n) is 12.3. The highest BCUT2D eigenvalue weighted by Gasteiger charge is 2.35. The third kappa shape index (κ3) is 2.50. The van der Waals surface area contributed by atoms with Gasteiger partial charge >= 0.3 is 0 Å². The van der Waals surface area contributed by atoms with Crippen LogP contribution in [0.3, 0.4) is 0 Å². The van der Waals surface area contributed by atoms with Gasteiger partial charge in [-0.1, -0.05) is 12.1 Å². The van der Waals surface area contributed by atoms with Crippen molar-refractivity contribution in [2.24, 2.45) is 5.73 Å². The van der Waals surface area contributed by atoms with Gasteiger partial charge < -0.3 is 5.73 Å². The molecule has 2 aliphatic heterocycles. The summed E-state index contributed by atoms with van der Waals surface area (Å²) in [6, 6.07) is 6.67. The minimum Gasteiger partial charge on any atom is -0.368 e. The van der Waals surface area contributed by atoms with Crippen molar-refractivity contribution in [1.29, 1.82) is 0 Å². The average Bonchev–Trinajstić information content (AvgIpc) is 3.07. The lowest BCUT2D eigenvalue weighted by molar-refractivity contribution is -0.122. The standard InChI is InChI=1S/C16H19N3O3/c17-14(20)13-7-3-8-18(13)9-4-10-19-15(21)11-5-1-2-6-12(11)16(19)22/h1-2,5-6,13H,3-4,7-10H2,(H2,17,20)/t13-/m0/s1. The molecule has 22 heavy (non-hydrogen) atoms. The normalized spacial score (nSPS) is 21.5. The molecule has 6 nitrogen and oxygen atoms in total. The fourth-order valence-electron chi connectivity index (χ4n) is 3.29. The first-order chi connectivity index (χ1) is 10.6. The van der Waals surface area contributed by atoms with Crippen LogP contribution in [0.5, 0.6) is 0 Å². The summed E-state index contributed by atoms with van der Waals surface area (Å²) in [6.07, 6.45) is 2.40. The second kappa shape index (κ2) is 5.88. The van der Waals surface area contributed by atoms with E-state index in [-0.39, 0.29) is 23.8 Å². The summed E-state index contributed by atoms with van der Waals surface area (Å²) < 4.78 is 0. The molecule has 1 aromatic carbocycles. The molecule has 1 saturated heterocycles. The lowest BCUT2D eigenvalue weighted by Gasteiger charge is -2.22. The summed E-state index contributed by atoms with van der Waals surface area (Å²) in [7, 11) is 0. The van der Waals surface area contributed by atoms with Crippen LogP contribution in [0, 0.1) is 0 Å². The third-order valence-corrected chi connectivity index (χ3v) is 4.40. The van der Waals surface area contributed by atoms with Gasteiger partial charge in [0.2, 0.25) is 5.91 Å². The molecule has 3 rings (SSSR count). The Bertz CT molecular complexity index is 594. The first-order valence-corrected chi connectivity index (χ1v) is 7.58. The Balaban J connectivity index is 1.58.